The number of allylic oxidation sites excluding steroid dienone is 2. The third kappa shape index (κ3) is 9.36. The molecule has 0 fully saturated rings. The van der Waals surface area contributed by atoms with Gasteiger partial charge in [-0.25, -0.2) is 9.78 Å². The van der Waals surface area contributed by atoms with Gasteiger partial charge in [0.1, 0.15) is 24.2 Å². The van der Waals surface area contributed by atoms with Gasteiger partial charge in [-0.05, 0) is 30.5 Å². The molecule has 0 saturated carbocycles. The molecule has 1 aliphatic heterocycles. The maximum Gasteiger partial charge on any atom is 0.329 e. The van der Waals surface area contributed by atoms with Crippen LogP contribution < -0.4 is 10.6 Å². The van der Waals surface area contributed by atoms with Crippen LogP contribution in [0, 0.1) is 11.8 Å². The molecule has 11 heteroatoms. The van der Waals surface area contributed by atoms with Gasteiger partial charge in [0.05, 0.1) is 12.5 Å². The number of carbonyl (C=O) groups excluding carboxylic acids is 4. The van der Waals surface area contributed by atoms with Crippen LogP contribution in [-0.2, 0) is 32.0 Å². The molecule has 11 nitrogen and oxygen atoms in total. The fourth-order valence-electron chi connectivity index (χ4n) is 5.21. The molecule has 0 spiro atoms. The third-order valence-corrected chi connectivity index (χ3v) is 7.47. The predicted octanol–water partition coefficient (Wildman–Crippen LogP) is 3.75. The molecular formula is C34H40N4O7. The highest BCUT2D eigenvalue weighted by atomic mass is 16.5. The lowest BCUT2D eigenvalue weighted by atomic mass is 9.94. The number of ketones is 1. The molecule has 45 heavy (non-hydrogen) atoms. The first-order chi connectivity index (χ1) is 21.5. The second-order valence-electron chi connectivity index (χ2n) is 11.6. The Balaban J connectivity index is 1.63. The first-order valence-corrected chi connectivity index (χ1v) is 15.0. The number of H-pyrrole nitrogens is 1. The minimum absolute atomic E-state index is 0.0170. The standard InChI is InChI=1S/C34H40N4O7/c1-20(2)32-22(4)11-12-30(41)35-13-7-8-21(3)14-24(39)16-25(40)17-31-37-29(19-44-31)33(42)38-28(34(43)45-32)15-23-18-36-27-10-6-5-9-26(23)27/h5-12,14,18-20,22,24,28,32,36,39H,13,15-17H2,1-4H3,(H,35,41)(H,38,42)/b8-7+,12-11+,21-14+. The van der Waals surface area contributed by atoms with E-state index in [-0.39, 0.29) is 60.9 Å². The van der Waals surface area contributed by atoms with Crippen molar-refractivity contribution in [2.75, 3.05) is 6.54 Å². The van der Waals surface area contributed by atoms with Crippen molar-refractivity contribution in [3.05, 3.63) is 89.8 Å². The van der Waals surface area contributed by atoms with Gasteiger partial charge >= 0.3 is 5.97 Å². The van der Waals surface area contributed by atoms with Crippen LogP contribution >= 0.6 is 0 Å². The monoisotopic (exact) mass is 616 g/mol. The zero-order valence-corrected chi connectivity index (χ0v) is 25.9. The summed E-state index contributed by atoms with van der Waals surface area (Å²) in [5, 5.41) is 16.8. The van der Waals surface area contributed by atoms with E-state index >= 15 is 0 Å². The molecule has 0 saturated heterocycles. The summed E-state index contributed by atoms with van der Waals surface area (Å²) in [5.41, 5.74) is 2.30. The fourth-order valence-corrected chi connectivity index (χ4v) is 5.21. The Labute approximate surface area is 261 Å². The Hall–Kier alpha value is -4.77. The van der Waals surface area contributed by atoms with Gasteiger partial charge in [0.2, 0.25) is 11.8 Å². The second kappa shape index (κ2) is 15.3. The highest BCUT2D eigenvalue weighted by molar-refractivity contribution is 5.95. The van der Waals surface area contributed by atoms with Crippen LogP contribution in [0.4, 0.5) is 0 Å². The van der Waals surface area contributed by atoms with Crippen molar-refractivity contribution >= 4 is 34.5 Å². The quantitative estimate of drug-likeness (QED) is 0.323. The molecule has 1 aliphatic rings. The van der Waals surface area contributed by atoms with Crippen molar-refractivity contribution in [2.24, 2.45) is 11.8 Å². The number of aliphatic hydroxyl groups is 1. The van der Waals surface area contributed by atoms with E-state index in [0.29, 0.717) is 5.57 Å². The molecule has 238 valence electrons. The number of aromatic nitrogens is 2. The number of ether oxygens (including phenoxy) is 1. The number of benzene rings is 1. The number of para-hydroxylation sites is 1. The molecule has 3 aromatic rings. The first-order valence-electron chi connectivity index (χ1n) is 15.0. The summed E-state index contributed by atoms with van der Waals surface area (Å²) in [4.78, 5) is 59.4. The smallest absolute Gasteiger partial charge is 0.329 e. The maximum absolute atomic E-state index is 13.7. The Morgan fingerprint density at radius 3 is 2.67 bits per heavy atom. The number of hydrogen-bond donors (Lipinski definition) is 4. The van der Waals surface area contributed by atoms with Crippen LogP contribution in [0.5, 0.6) is 0 Å². The summed E-state index contributed by atoms with van der Waals surface area (Å²) in [5.74, 6) is -2.37. The van der Waals surface area contributed by atoms with Crippen LogP contribution in [-0.4, -0.2) is 63.4 Å². The number of aliphatic hydroxyl groups excluding tert-OH is 1. The van der Waals surface area contributed by atoms with E-state index in [9.17, 15) is 24.3 Å². The number of carbonyl (C=O) groups is 4. The van der Waals surface area contributed by atoms with Gasteiger partial charge < -0.3 is 29.9 Å². The van der Waals surface area contributed by atoms with Crippen LogP contribution in [0.2, 0.25) is 0 Å². The van der Waals surface area contributed by atoms with Crippen molar-refractivity contribution < 1.29 is 33.4 Å². The number of nitrogens with zero attached hydrogens (tertiary/aromatic N) is 1. The molecule has 2 bridgehead atoms. The molecule has 0 aliphatic carbocycles. The lowest BCUT2D eigenvalue weighted by Crippen LogP contribution is -2.46. The van der Waals surface area contributed by atoms with E-state index < -0.39 is 30.1 Å². The first kappa shape index (κ1) is 33.1. The van der Waals surface area contributed by atoms with Gasteiger partial charge in [-0.3, -0.25) is 14.4 Å². The number of amides is 2. The molecule has 4 atom stereocenters. The molecule has 4 N–H and O–H groups in total. The van der Waals surface area contributed by atoms with Crippen molar-refractivity contribution in [1.29, 1.82) is 0 Å². The average molecular weight is 617 g/mol. The van der Waals surface area contributed by atoms with Crippen LogP contribution in [0.15, 0.2) is 77.1 Å². The number of hydrogen-bond acceptors (Lipinski definition) is 8. The highest BCUT2D eigenvalue weighted by Gasteiger charge is 2.31. The van der Waals surface area contributed by atoms with Gasteiger partial charge in [0, 0.05) is 42.4 Å². The van der Waals surface area contributed by atoms with Gasteiger partial charge in [-0.1, -0.05) is 68.8 Å². The van der Waals surface area contributed by atoms with E-state index in [2.05, 4.69) is 20.6 Å². The Morgan fingerprint density at radius 1 is 1.11 bits per heavy atom. The summed E-state index contributed by atoms with van der Waals surface area (Å²) in [7, 11) is 0. The van der Waals surface area contributed by atoms with Gasteiger partial charge in [-0.15, -0.1) is 0 Å². The van der Waals surface area contributed by atoms with E-state index in [1.54, 1.807) is 37.4 Å². The fraction of sp³-hybridized carbons (Fsp3) is 0.382. The van der Waals surface area contributed by atoms with Gasteiger partial charge in [0.25, 0.3) is 5.91 Å². The zero-order chi connectivity index (χ0) is 32.5. The SMILES string of the molecule is CC1=C\C(O)CC(=O)Cc2nc(co2)C(=O)NC(Cc2c[nH]c3ccccc23)C(=O)OC(C(C)C)C(C)/C=C/C(=O)NC\C=C\1. The van der Waals surface area contributed by atoms with Crippen LogP contribution in [0.3, 0.4) is 0 Å². The summed E-state index contributed by atoms with van der Waals surface area (Å²) in [6.45, 7) is 7.71. The van der Waals surface area contributed by atoms with Gasteiger partial charge in [0.15, 0.2) is 5.69 Å². The number of fused-ring (bicyclic) bond motifs is 3. The van der Waals surface area contributed by atoms with E-state index in [1.165, 1.54) is 6.08 Å². The van der Waals surface area contributed by atoms with Crippen LogP contribution in [0.25, 0.3) is 10.9 Å². The zero-order valence-electron chi connectivity index (χ0n) is 25.9. The molecular weight excluding hydrogens is 576 g/mol. The number of oxazole rings is 1. The minimum atomic E-state index is -1.09. The van der Waals surface area contributed by atoms with E-state index in [0.717, 1.165) is 22.7 Å². The number of cyclic esters (lactones) is 1. The van der Waals surface area contributed by atoms with Crippen molar-refractivity contribution in [1.82, 2.24) is 20.6 Å². The molecule has 4 unspecified atom stereocenters. The van der Waals surface area contributed by atoms with Crippen molar-refractivity contribution in [3.63, 3.8) is 0 Å². The maximum atomic E-state index is 13.7. The summed E-state index contributed by atoms with van der Waals surface area (Å²) < 4.78 is 11.4. The Morgan fingerprint density at radius 2 is 1.89 bits per heavy atom. The minimum Gasteiger partial charge on any atom is -0.460 e. The Kier molecular flexibility index (Phi) is 11.3. The van der Waals surface area contributed by atoms with E-state index in [1.807, 2.05) is 45.0 Å². The normalized spacial score (nSPS) is 25.6. The van der Waals surface area contributed by atoms with Crippen molar-refractivity contribution in [3.8, 4) is 0 Å². The average Bonchev–Trinajstić information content (AvgIpc) is 3.62. The highest BCUT2D eigenvalue weighted by Crippen LogP contribution is 2.22. The lowest BCUT2D eigenvalue weighted by molar-refractivity contribution is -0.155. The molecule has 4 rings (SSSR count). The second-order valence-corrected chi connectivity index (χ2v) is 11.6. The van der Waals surface area contributed by atoms with E-state index in [4.69, 9.17) is 9.15 Å². The van der Waals surface area contributed by atoms with Crippen LogP contribution in [0.1, 0.15) is 56.1 Å². The molecule has 2 amide bonds. The molecule has 3 heterocycles. The van der Waals surface area contributed by atoms with Crippen molar-refractivity contribution in [2.45, 2.75) is 65.2 Å². The summed E-state index contributed by atoms with van der Waals surface area (Å²) in [6.07, 6.45) is 9.13. The third-order valence-electron chi connectivity index (χ3n) is 7.47. The molecule has 1 aromatic carbocycles. The van der Waals surface area contributed by atoms with Gasteiger partial charge in [-0.2, -0.15) is 0 Å². The predicted molar refractivity (Wildman–Crippen MR) is 168 cm³/mol. The molecule has 2 aromatic heterocycles. The summed E-state index contributed by atoms with van der Waals surface area (Å²) in [6, 6.07) is 6.54. The number of rotatable bonds is 3. The number of nitrogens with one attached hydrogen (secondary N) is 3. The number of esters is 1. The Bertz CT molecular complexity index is 1610. The largest absolute Gasteiger partial charge is 0.460 e. The lowest BCUT2D eigenvalue weighted by Gasteiger charge is -2.28. The molecule has 0 radical (unpaired) electrons. The number of Topliss-reactive ketones (excluding diaryl/α,β-unsaturated/α-hetero) is 1. The topological polar surface area (TPSA) is 164 Å². The number of aromatic amines is 1. The summed E-state index contributed by atoms with van der Waals surface area (Å²) >= 11 is 0.